The van der Waals surface area contributed by atoms with Crippen LogP contribution >= 0.6 is 0 Å². The van der Waals surface area contributed by atoms with Crippen LogP contribution in [0.5, 0.6) is 0 Å². The summed E-state index contributed by atoms with van der Waals surface area (Å²) in [5.41, 5.74) is 11.5. The van der Waals surface area contributed by atoms with E-state index in [-0.39, 0.29) is 5.91 Å². The Balaban J connectivity index is 1.41. The van der Waals surface area contributed by atoms with Gasteiger partial charge in [-0.1, -0.05) is 6.07 Å². The van der Waals surface area contributed by atoms with E-state index in [0.29, 0.717) is 41.0 Å². The van der Waals surface area contributed by atoms with Gasteiger partial charge in [0.05, 0.1) is 28.4 Å². The first-order valence-electron chi connectivity index (χ1n) is 10.8. The van der Waals surface area contributed by atoms with Gasteiger partial charge >= 0.3 is 0 Å². The second-order valence-corrected chi connectivity index (χ2v) is 8.51. The Morgan fingerprint density at radius 2 is 2.06 bits per heavy atom. The van der Waals surface area contributed by atoms with E-state index < -0.39 is 17.2 Å². The molecule has 0 radical (unpaired) electrons. The van der Waals surface area contributed by atoms with Crippen molar-refractivity contribution in [3.8, 4) is 6.07 Å². The number of hydrogen-bond donors (Lipinski definition) is 5. The maximum absolute atomic E-state index is 13.3. The van der Waals surface area contributed by atoms with E-state index in [4.69, 9.17) is 5.26 Å². The van der Waals surface area contributed by atoms with Gasteiger partial charge in [-0.15, -0.1) is 0 Å². The van der Waals surface area contributed by atoms with Gasteiger partial charge in [0.25, 0.3) is 17.6 Å². The van der Waals surface area contributed by atoms with Crippen LogP contribution in [0.3, 0.4) is 0 Å². The summed E-state index contributed by atoms with van der Waals surface area (Å²) in [7, 11) is 0. The Labute approximate surface area is 190 Å². The molecule has 1 aromatic heterocycles. The Kier molecular flexibility index (Phi) is 4.91. The molecule has 2 aliphatic heterocycles. The number of nitrogens with one attached hydrogen (secondary N) is 5. The van der Waals surface area contributed by atoms with Crippen molar-refractivity contribution < 1.29 is 14.4 Å². The molecule has 33 heavy (non-hydrogen) atoms. The normalized spacial score (nSPS) is 17.2. The number of amides is 2. The molecule has 3 aliphatic rings. The average molecular weight is 445 g/mol. The first kappa shape index (κ1) is 20.8. The van der Waals surface area contributed by atoms with E-state index in [0.717, 1.165) is 30.7 Å². The lowest BCUT2D eigenvalue weighted by atomic mass is 10.0. The van der Waals surface area contributed by atoms with Crippen molar-refractivity contribution >= 4 is 23.3 Å². The van der Waals surface area contributed by atoms with Crippen molar-refractivity contribution in [3.05, 3.63) is 64.2 Å². The minimum absolute atomic E-state index is 0.307. The van der Waals surface area contributed by atoms with Gasteiger partial charge in [-0.05, 0) is 56.4 Å². The first-order valence-corrected chi connectivity index (χ1v) is 10.8. The molecule has 2 amide bonds. The van der Waals surface area contributed by atoms with Crippen molar-refractivity contribution in [2.45, 2.75) is 44.7 Å². The van der Waals surface area contributed by atoms with Crippen LogP contribution in [0.15, 0.2) is 36.2 Å². The van der Waals surface area contributed by atoms with Gasteiger partial charge in [0.15, 0.2) is 0 Å². The largest absolute Gasteiger partial charge is 0.340 e. The number of nitrogens with zero attached hydrogens (tertiary/aromatic N) is 2. The van der Waals surface area contributed by atoms with Crippen LogP contribution in [0, 0.1) is 18.3 Å². The van der Waals surface area contributed by atoms with Crippen LogP contribution < -0.4 is 27.0 Å². The third kappa shape index (κ3) is 3.52. The fourth-order valence-electron chi connectivity index (χ4n) is 4.65. The monoisotopic (exact) mass is 445 g/mol. The van der Waals surface area contributed by atoms with Crippen molar-refractivity contribution in [3.63, 3.8) is 0 Å². The van der Waals surface area contributed by atoms with Crippen LogP contribution in [0.1, 0.15) is 56.9 Å². The van der Waals surface area contributed by atoms with E-state index in [1.807, 2.05) is 10.6 Å². The number of hydrazine groups is 2. The number of carbonyl (C=O) groups is 3. The zero-order chi connectivity index (χ0) is 23.2. The van der Waals surface area contributed by atoms with Gasteiger partial charge in [0.1, 0.15) is 5.69 Å². The number of nitriles is 1. The summed E-state index contributed by atoms with van der Waals surface area (Å²) in [4.78, 5) is 39.4. The fourth-order valence-corrected chi connectivity index (χ4v) is 4.65. The van der Waals surface area contributed by atoms with Gasteiger partial charge in [0.2, 0.25) is 0 Å². The van der Waals surface area contributed by atoms with Crippen LogP contribution in [0.4, 0.5) is 5.69 Å². The molecular formula is C23H23N7O3. The lowest BCUT2D eigenvalue weighted by Crippen LogP contribution is -2.46. The second-order valence-electron chi connectivity index (χ2n) is 8.51. The fraction of sp³-hybridized carbons (Fsp3) is 0.304. The Morgan fingerprint density at radius 3 is 2.76 bits per heavy atom. The number of anilines is 1. The third-order valence-corrected chi connectivity index (χ3v) is 6.41. The topological polar surface area (TPSA) is 140 Å². The minimum Gasteiger partial charge on any atom is -0.340 e. The van der Waals surface area contributed by atoms with Crippen LogP contribution in [0.25, 0.3) is 0 Å². The summed E-state index contributed by atoms with van der Waals surface area (Å²) < 4.78 is 1.83. The molecule has 1 fully saturated rings. The number of rotatable bonds is 6. The van der Waals surface area contributed by atoms with Crippen molar-refractivity contribution in [1.29, 1.82) is 5.26 Å². The SMILES string of the molecule is Cc1c(C(=O)C(=O)NC2(C3=CNNN3)CC2)c2n(c1C(=O)Nc1cccc(C#N)c1)CCC2. The van der Waals surface area contributed by atoms with Crippen LogP contribution in [-0.2, 0) is 17.8 Å². The van der Waals surface area contributed by atoms with Gasteiger partial charge in [-0.3, -0.25) is 14.4 Å². The molecule has 10 nitrogen and oxygen atoms in total. The van der Waals surface area contributed by atoms with E-state index >= 15 is 0 Å². The molecular weight excluding hydrogens is 422 g/mol. The third-order valence-electron chi connectivity index (χ3n) is 6.41. The number of fused-ring (bicyclic) bond motifs is 1. The number of benzene rings is 1. The zero-order valence-electron chi connectivity index (χ0n) is 18.0. The summed E-state index contributed by atoms with van der Waals surface area (Å²) >= 11 is 0. The molecule has 0 bridgehead atoms. The Bertz CT molecular complexity index is 1260. The molecule has 1 aliphatic carbocycles. The Morgan fingerprint density at radius 1 is 1.24 bits per heavy atom. The summed E-state index contributed by atoms with van der Waals surface area (Å²) in [5.74, 6) is -1.69. The highest BCUT2D eigenvalue weighted by molar-refractivity contribution is 6.44. The summed E-state index contributed by atoms with van der Waals surface area (Å²) in [6.45, 7) is 2.30. The van der Waals surface area contributed by atoms with Crippen LogP contribution in [0.2, 0.25) is 0 Å². The number of hydrogen-bond acceptors (Lipinski definition) is 7. The van der Waals surface area contributed by atoms with Gasteiger partial charge in [0, 0.05) is 24.1 Å². The molecule has 0 unspecified atom stereocenters. The molecule has 0 saturated heterocycles. The van der Waals surface area contributed by atoms with Crippen molar-refractivity contribution in [2.24, 2.45) is 0 Å². The quantitative estimate of drug-likeness (QED) is 0.332. The minimum atomic E-state index is -0.681. The van der Waals surface area contributed by atoms with Crippen LogP contribution in [-0.4, -0.2) is 27.7 Å². The molecule has 1 saturated carbocycles. The van der Waals surface area contributed by atoms with Crippen molar-refractivity contribution in [1.82, 2.24) is 26.3 Å². The number of carbonyl (C=O) groups excluding carboxylic acids is 3. The highest BCUT2D eigenvalue weighted by atomic mass is 16.2. The standard InChI is InChI=1S/C23H23N7O3/c1-13-18(20(31)22(33)27-23(7-8-23)17-12-25-29-28-17)16-6-3-9-30(16)19(13)21(32)26-15-5-2-4-14(10-15)11-24/h2,4-5,10,12,25,28-29H,3,6-9H2,1H3,(H,26,32)(H,27,33). The highest BCUT2D eigenvalue weighted by Gasteiger charge is 2.50. The zero-order valence-corrected chi connectivity index (χ0v) is 18.0. The van der Waals surface area contributed by atoms with Crippen molar-refractivity contribution in [2.75, 3.05) is 5.32 Å². The summed E-state index contributed by atoms with van der Waals surface area (Å²) in [6.07, 6.45) is 4.60. The smallest absolute Gasteiger partial charge is 0.293 e. The first-order chi connectivity index (χ1) is 15.9. The highest BCUT2D eigenvalue weighted by Crippen LogP contribution is 2.41. The van der Waals surface area contributed by atoms with E-state index in [1.165, 1.54) is 0 Å². The molecule has 1 aromatic carbocycles. The molecule has 2 aromatic rings. The number of aromatic nitrogens is 1. The van der Waals surface area contributed by atoms with E-state index in [2.05, 4.69) is 27.0 Å². The summed E-state index contributed by atoms with van der Waals surface area (Å²) in [5, 5.41) is 14.8. The van der Waals surface area contributed by atoms with Gasteiger partial charge < -0.3 is 26.1 Å². The maximum Gasteiger partial charge on any atom is 0.293 e. The predicted octanol–water partition coefficient (Wildman–Crippen LogP) is 1.15. The predicted molar refractivity (Wildman–Crippen MR) is 119 cm³/mol. The second kappa shape index (κ2) is 7.79. The molecule has 10 heteroatoms. The molecule has 3 heterocycles. The van der Waals surface area contributed by atoms with E-state index in [9.17, 15) is 14.4 Å². The number of ketones is 1. The maximum atomic E-state index is 13.3. The van der Waals surface area contributed by atoms with Gasteiger partial charge in [-0.2, -0.15) is 10.8 Å². The molecule has 5 rings (SSSR count). The molecule has 5 N–H and O–H groups in total. The number of Topliss-reactive ketones (excluding diaryl/α,β-unsaturated/α-hetero) is 1. The van der Waals surface area contributed by atoms with E-state index in [1.54, 1.807) is 37.4 Å². The van der Waals surface area contributed by atoms with Gasteiger partial charge in [-0.25, -0.2) is 0 Å². The molecule has 0 atom stereocenters. The summed E-state index contributed by atoms with van der Waals surface area (Å²) in [6, 6.07) is 8.68. The average Bonchev–Trinajstić information content (AvgIpc) is 3.16. The lowest BCUT2D eigenvalue weighted by molar-refractivity contribution is -0.117. The lowest BCUT2D eigenvalue weighted by Gasteiger charge is -2.18. The molecule has 0 spiro atoms. The Hall–Kier alpha value is -4.10. The molecule has 168 valence electrons.